The van der Waals surface area contributed by atoms with Crippen LogP contribution in [0.1, 0.15) is 46.5 Å². The van der Waals surface area contributed by atoms with E-state index in [1.807, 2.05) is 6.92 Å². The van der Waals surface area contributed by atoms with Crippen LogP contribution in [0.15, 0.2) is 11.5 Å². The van der Waals surface area contributed by atoms with Crippen molar-refractivity contribution in [1.29, 1.82) is 0 Å². The molecular formula is C12H23NO3. The number of carbonyl (C=O) groups is 1. The van der Waals surface area contributed by atoms with E-state index in [9.17, 15) is 4.79 Å². The van der Waals surface area contributed by atoms with Gasteiger partial charge in [-0.2, -0.15) is 0 Å². The molecule has 0 aromatic rings. The van der Waals surface area contributed by atoms with E-state index in [1.54, 1.807) is 6.92 Å². The van der Waals surface area contributed by atoms with Crippen LogP contribution in [0, 0.1) is 0 Å². The van der Waals surface area contributed by atoms with Crippen molar-refractivity contribution in [2.24, 2.45) is 5.73 Å². The standard InChI is InChI=1S/C12H23NO3/c1-4-6-8-15-11(13)10(3)12(14)16-9-7-5-2/h4-9,13H2,1-3H3/b11-10-. The van der Waals surface area contributed by atoms with E-state index in [0.717, 1.165) is 25.7 Å². The molecule has 0 saturated carbocycles. The first-order valence-electron chi connectivity index (χ1n) is 5.89. The van der Waals surface area contributed by atoms with Gasteiger partial charge in [0.1, 0.15) is 0 Å². The van der Waals surface area contributed by atoms with Crippen molar-refractivity contribution < 1.29 is 14.3 Å². The van der Waals surface area contributed by atoms with Crippen molar-refractivity contribution in [1.82, 2.24) is 0 Å². The monoisotopic (exact) mass is 229 g/mol. The van der Waals surface area contributed by atoms with Crippen LogP contribution in [-0.2, 0) is 14.3 Å². The topological polar surface area (TPSA) is 61.5 Å². The number of nitrogens with two attached hydrogens (primary N) is 1. The predicted octanol–water partition coefficient (Wildman–Crippen LogP) is 2.34. The summed E-state index contributed by atoms with van der Waals surface area (Å²) >= 11 is 0. The summed E-state index contributed by atoms with van der Waals surface area (Å²) in [5, 5.41) is 0. The second-order valence-corrected chi connectivity index (χ2v) is 3.68. The van der Waals surface area contributed by atoms with Gasteiger partial charge in [0.05, 0.1) is 18.8 Å². The van der Waals surface area contributed by atoms with Crippen molar-refractivity contribution in [3.8, 4) is 0 Å². The van der Waals surface area contributed by atoms with Crippen molar-refractivity contribution in [2.75, 3.05) is 13.2 Å². The Hall–Kier alpha value is -1.19. The maximum atomic E-state index is 11.5. The summed E-state index contributed by atoms with van der Waals surface area (Å²) in [5.74, 6) is -0.211. The van der Waals surface area contributed by atoms with Gasteiger partial charge in [-0.05, 0) is 19.8 Å². The molecule has 0 saturated heterocycles. The Bertz CT molecular complexity index is 236. The SMILES string of the molecule is CCCCOC(=O)/C(C)=C(/N)OCCCC. The molecule has 4 nitrogen and oxygen atoms in total. The molecular weight excluding hydrogens is 206 g/mol. The molecule has 0 rings (SSSR count). The molecule has 16 heavy (non-hydrogen) atoms. The summed E-state index contributed by atoms with van der Waals surface area (Å²) in [4.78, 5) is 11.5. The van der Waals surface area contributed by atoms with Crippen LogP contribution in [0.5, 0.6) is 0 Å². The van der Waals surface area contributed by atoms with Crippen molar-refractivity contribution in [3.05, 3.63) is 11.5 Å². The van der Waals surface area contributed by atoms with Gasteiger partial charge in [0.25, 0.3) is 0 Å². The average molecular weight is 229 g/mol. The Morgan fingerprint density at radius 3 is 2.06 bits per heavy atom. The number of hydrogen-bond donors (Lipinski definition) is 1. The third-order valence-corrected chi connectivity index (χ3v) is 2.16. The Balaban J connectivity index is 4.00. The van der Waals surface area contributed by atoms with Gasteiger partial charge in [-0.15, -0.1) is 0 Å². The number of rotatable bonds is 8. The average Bonchev–Trinajstić information content (AvgIpc) is 2.28. The van der Waals surface area contributed by atoms with Gasteiger partial charge in [0, 0.05) is 0 Å². The highest BCUT2D eigenvalue weighted by Gasteiger charge is 2.10. The van der Waals surface area contributed by atoms with Crippen molar-refractivity contribution >= 4 is 5.97 Å². The van der Waals surface area contributed by atoms with E-state index in [-0.39, 0.29) is 11.9 Å². The van der Waals surface area contributed by atoms with Crippen LogP contribution in [0.25, 0.3) is 0 Å². The molecule has 94 valence electrons. The van der Waals surface area contributed by atoms with Gasteiger partial charge in [-0.1, -0.05) is 26.7 Å². The van der Waals surface area contributed by atoms with E-state index >= 15 is 0 Å². The molecule has 0 bridgehead atoms. The van der Waals surface area contributed by atoms with Crippen LogP contribution in [-0.4, -0.2) is 19.2 Å². The molecule has 2 N–H and O–H groups in total. The van der Waals surface area contributed by atoms with Crippen LogP contribution in [0.3, 0.4) is 0 Å². The van der Waals surface area contributed by atoms with Crippen LogP contribution in [0.4, 0.5) is 0 Å². The van der Waals surface area contributed by atoms with E-state index in [1.165, 1.54) is 0 Å². The molecule has 0 aromatic carbocycles. The van der Waals surface area contributed by atoms with E-state index in [4.69, 9.17) is 15.2 Å². The number of esters is 1. The lowest BCUT2D eigenvalue weighted by molar-refractivity contribution is -0.139. The fourth-order valence-electron chi connectivity index (χ4n) is 0.953. The summed E-state index contributed by atoms with van der Waals surface area (Å²) < 4.78 is 10.2. The quantitative estimate of drug-likeness (QED) is 0.300. The third kappa shape index (κ3) is 6.32. The second-order valence-electron chi connectivity index (χ2n) is 3.68. The van der Waals surface area contributed by atoms with Gasteiger partial charge in [0.2, 0.25) is 0 Å². The molecule has 0 atom stereocenters. The van der Waals surface area contributed by atoms with Gasteiger partial charge in [-0.3, -0.25) is 0 Å². The minimum atomic E-state index is -0.387. The number of hydrogen-bond acceptors (Lipinski definition) is 4. The number of ether oxygens (including phenoxy) is 2. The summed E-state index contributed by atoms with van der Waals surface area (Å²) in [6.45, 7) is 6.71. The van der Waals surface area contributed by atoms with Crippen LogP contribution in [0.2, 0.25) is 0 Å². The molecule has 0 spiro atoms. The van der Waals surface area contributed by atoms with E-state index in [0.29, 0.717) is 18.8 Å². The van der Waals surface area contributed by atoms with Crippen LogP contribution >= 0.6 is 0 Å². The maximum absolute atomic E-state index is 11.5. The minimum absolute atomic E-state index is 0.176. The largest absolute Gasteiger partial charge is 0.479 e. The number of carbonyl (C=O) groups excluding carboxylic acids is 1. The highest BCUT2D eigenvalue weighted by atomic mass is 16.5. The van der Waals surface area contributed by atoms with Crippen molar-refractivity contribution in [2.45, 2.75) is 46.5 Å². The highest BCUT2D eigenvalue weighted by Crippen LogP contribution is 2.04. The maximum Gasteiger partial charge on any atom is 0.339 e. The Morgan fingerprint density at radius 1 is 1.06 bits per heavy atom. The Labute approximate surface area is 97.8 Å². The minimum Gasteiger partial charge on any atom is -0.479 e. The fraction of sp³-hybridized carbons (Fsp3) is 0.750. The lowest BCUT2D eigenvalue weighted by Crippen LogP contribution is -2.15. The van der Waals surface area contributed by atoms with Gasteiger partial charge < -0.3 is 15.2 Å². The normalized spacial score (nSPS) is 11.9. The summed E-state index contributed by atoms with van der Waals surface area (Å²) in [6.07, 6.45) is 3.83. The van der Waals surface area contributed by atoms with Crippen molar-refractivity contribution in [3.63, 3.8) is 0 Å². The predicted molar refractivity (Wildman–Crippen MR) is 63.6 cm³/mol. The van der Waals surface area contributed by atoms with Crippen LogP contribution < -0.4 is 5.73 Å². The molecule has 0 heterocycles. The molecule has 0 fully saturated rings. The fourth-order valence-corrected chi connectivity index (χ4v) is 0.953. The van der Waals surface area contributed by atoms with Gasteiger partial charge >= 0.3 is 5.97 Å². The Kier molecular flexibility index (Phi) is 8.39. The van der Waals surface area contributed by atoms with Gasteiger partial charge in [-0.25, -0.2) is 4.79 Å². The van der Waals surface area contributed by atoms with Gasteiger partial charge in [0.15, 0.2) is 5.88 Å². The smallest absolute Gasteiger partial charge is 0.339 e. The molecule has 4 heteroatoms. The molecule has 0 unspecified atom stereocenters. The first-order chi connectivity index (χ1) is 7.63. The first kappa shape index (κ1) is 14.8. The molecule has 0 radical (unpaired) electrons. The third-order valence-electron chi connectivity index (χ3n) is 2.16. The van der Waals surface area contributed by atoms with E-state index in [2.05, 4.69) is 6.92 Å². The number of unbranched alkanes of at least 4 members (excludes halogenated alkanes) is 2. The summed E-state index contributed by atoms with van der Waals surface area (Å²) in [5.41, 5.74) is 5.97. The lowest BCUT2D eigenvalue weighted by Gasteiger charge is -2.09. The molecule has 0 aromatic heterocycles. The van der Waals surface area contributed by atoms with E-state index < -0.39 is 0 Å². The zero-order valence-electron chi connectivity index (χ0n) is 10.5. The summed E-state index contributed by atoms with van der Waals surface area (Å²) in [7, 11) is 0. The first-order valence-corrected chi connectivity index (χ1v) is 5.89. The molecule has 0 aliphatic rings. The molecule has 0 aliphatic heterocycles. The zero-order valence-corrected chi connectivity index (χ0v) is 10.5. The summed E-state index contributed by atoms with van der Waals surface area (Å²) in [6, 6.07) is 0. The molecule has 0 amide bonds. The zero-order chi connectivity index (χ0) is 12.4. The second kappa shape index (κ2) is 9.07. The highest BCUT2D eigenvalue weighted by molar-refractivity contribution is 5.88. The lowest BCUT2D eigenvalue weighted by atomic mass is 10.3. The Morgan fingerprint density at radius 2 is 1.56 bits per heavy atom. The molecule has 0 aliphatic carbocycles.